The lowest BCUT2D eigenvalue weighted by Gasteiger charge is -2.32. The van der Waals surface area contributed by atoms with Gasteiger partial charge in [-0.05, 0) is 48.9 Å². The second-order valence-corrected chi connectivity index (χ2v) is 8.02. The van der Waals surface area contributed by atoms with Gasteiger partial charge in [-0.15, -0.1) is 0 Å². The van der Waals surface area contributed by atoms with Crippen LogP contribution in [0.2, 0.25) is 0 Å². The summed E-state index contributed by atoms with van der Waals surface area (Å²) in [5, 5.41) is 3.62. The Morgan fingerprint density at radius 2 is 1.95 bits per heavy atom. The van der Waals surface area contributed by atoms with Crippen LogP contribution < -0.4 is 5.32 Å². The van der Waals surface area contributed by atoms with Crippen LogP contribution in [0.4, 0.5) is 4.39 Å². The Morgan fingerprint density at radius 1 is 1.24 bits per heavy atom. The number of piperidine rings is 1. The smallest absolute Gasteiger partial charge is 0.211 e. The van der Waals surface area contributed by atoms with Crippen molar-refractivity contribution in [2.24, 2.45) is 0 Å². The van der Waals surface area contributed by atoms with Crippen molar-refractivity contribution in [2.75, 3.05) is 19.3 Å². The average Bonchev–Trinajstić information content (AvgIpc) is 2.80. The van der Waals surface area contributed by atoms with Gasteiger partial charge in [0.05, 0.1) is 6.26 Å². The molecule has 1 N–H and O–H groups in total. The zero-order valence-corrected chi connectivity index (χ0v) is 13.0. The SMILES string of the molecule is CS(=O)(=O)N1CCC(NC2CCc3cc(F)ccc32)CC1. The van der Waals surface area contributed by atoms with Crippen LogP contribution in [0, 0.1) is 5.82 Å². The molecule has 0 bridgehead atoms. The molecule has 0 amide bonds. The van der Waals surface area contributed by atoms with Crippen molar-refractivity contribution in [2.45, 2.75) is 37.8 Å². The molecule has 1 aliphatic heterocycles. The number of halogens is 1. The van der Waals surface area contributed by atoms with Crippen molar-refractivity contribution >= 4 is 10.0 Å². The second-order valence-electron chi connectivity index (χ2n) is 6.04. The highest BCUT2D eigenvalue weighted by molar-refractivity contribution is 7.88. The van der Waals surface area contributed by atoms with Crippen molar-refractivity contribution in [1.82, 2.24) is 9.62 Å². The van der Waals surface area contributed by atoms with Crippen LogP contribution in [-0.4, -0.2) is 38.1 Å². The fraction of sp³-hybridized carbons (Fsp3) is 0.600. The molecule has 1 unspecified atom stereocenters. The van der Waals surface area contributed by atoms with E-state index in [-0.39, 0.29) is 11.9 Å². The van der Waals surface area contributed by atoms with Crippen molar-refractivity contribution in [3.63, 3.8) is 0 Å². The molecule has 6 heteroatoms. The molecule has 1 saturated heterocycles. The van der Waals surface area contributed by atoms with E-state index in [0.29, 0.717) is 19.1 Å². The predicted molar refractivity (Wildman–Crippen MR) is 80.0 cm³/mol. The summed E-state index contributed by atoms with van der Waals surface area (Å²) < 4.78 is 37.8. The highest BCUT2D eigenvalue weighted by atomic mass is 32.2. The van der Waals surface area contributed by atoms with Crippen molar-refractivity contribution in [1.29, 1.82) is 0 Å². The minimum atomic E-state index is -3.07. The van der Waals surface area contributed by atoms with Crippen molar-refractivity contribution in [3.05, 3.63) is 35.1 Å². The van der Waals surface area contributed by atoms with Crippen LogP contribution in [0.1, 0.15) is 36.4 Å². The fourth-order valence-electron chi connectivity index (χ4n) is 3.40. The van der Waals surface area contributed by atoms with Gasteiger partial charge in [0.1, 0.15) is 5.82 Å². The molecule has 4 nitrogen and oxygen atoms in total. The van der Waals surface area contributed by atoms with E-state index in [4.69, 9.17) is 0 Å². The molecule has 1 heterocycles. The second kappa shape index (κ2) is 5.66. The molecule has 1 atom stereocenters. The number of rotatable bonds is 3. The van der Waals surface area contributed by atoms with Gasteiger partial charge in [-0.1, -0.05) is 6.07 Å². The third-order valence-corrected chi connectivity index (χ3v) is 5.85. The van der Waals surface area contributed by atoms with Gasteiger partial charge in [0.15, 0.2) is 0 Å². The first-order valence-corrected chi connectivity index (χ1v) is 9.28. The maximum Gasteiger partial charge on any atom is 0.211 e. The lowest BCUT2D eigenvalue weighted by molar-refractivity contribution is 0.274. The summed E-state index contributed by atoms with van der Waals surface area (Å²) >= 11 is 0. The van der Waals surface area contributed by atoms with Crippen molar-refractivity contribution < 1.29 is 12.8 Å². The Bertz CT molecular complexity index is 625. The lowest BCUT2D eigenvalue weighted by atomic mass is 10.0. The van der Waals surface area contributed by atoms with Crippen LogP contribution in [0.15, 0.2) is 18.2 Å². The summed E-state index contributed by atoms with van der Waals surface area (Å²) in [4.78, 5) is 0. The molecule has 0 radical (unpaired) electrons. The summed E-state index contributed by atoms with van der Waals surface area (Å²) in [6, 6.07) is 5.63. The lowest BCUT2D eigenvalue weighted by Crippen LogP contribution is -2.45. The summed E-state index contributed by atoms with van der Waals surface area (Å²) in [6.45, 7) is 1.17. The highest BCUT2D eigenvalue weighted by Crippen LogP contribution is 2.32. The molecule has 1 aromatic rings. The van der Waals surface area contributed by atoms with Gasteiger partial charge >= 0.3 is 0 Å². The zero-order chi connectivity index (χ0) is 15.0. The first kappa shape index (κ1) is 14.9. The molecule has 2 aliphatic rings. The minimum Gasteiger partial charge on any atom is -0.307 e. The van der Waals surface area contributed by atoms with Gasteiger partial charge in [0.2, 0.25) is 10.0 Å². The van der Waals surface area contributed by atoms with Crippen LogP contribution in [0.5, 0.6) is 0 Å². The Kier molecular flexibility index (Phi) is 4.03. The van der Waals surface area contributed by atoms with Crippen LogP contribution in [-0.2, 0) is 16.4 Å². The summed E-state index contributed by atoms with van der Waals surface area (Å²) in [7, 11) is -3.07. The van der Waals surface area contributed by atoms with Crippen LogP contribution in [0.3, 0.4) is 0 Å². The van der Waals surface area contributed by atoms with Gasteiger partial charge in [0, 0.05) is 25.2 Å². The Morgan fingerprint density at radius 3 is 2.62 bits per heavy atom. The van der Waals surface area contributed by atoms with E-state index in [0.717, 1.165) is 31.2 Å². The Labute approximate surface area is 125 Å². The topological polar surface area (TPSA) is 49.4 Å². The van der Waals surface area contributed by atoms with E-state index in [1.807, 2.05) is 6.07 Å². The number of nitrogens with zero attached hydrogens (tertiary/aromatic N) is 1. The molecule has 1 aromatic carbocycles. The monoisotopic (exact) mass is 312 g/mol. The third kappa shape index (κ3) is 3.27. The van der Waals surface area contributed by atoms with E-state index in [1.165, 1.54) is 17.9 Å². The minimum absolute atomic E-state index is 0.170. The van der Waals surface area contributed by atoms with E-state index < -0.39 is 10.0 Å². The number of hydrogen-bond donors (Lipinski definition) is 1. The zero-order valence-electron chi connectivity index (χ0n) is 12.2. The molecule has 0 aromatic heterocycles. The van der Waals surface area contributed by atoms with Gasteiger partial charge in [-0.2, -0.15) is 0 Å². The molecule has 1 fully saturated rings. The molecule has 21 heavy (non-hydrogen) atoms. The number of aryl methyl sites for hydroxylation is 1. The number of benzene rings is 1. The van der Waals surface area contributed by atoms with Crippen LogP contribution >= 0.6 is 0 Å². The quantitative estimate of drug-likeness (QED) is 0.926. The normalized spacial score (nSPS) is 24.2. The number of sulfonamides is 1. The van der Waals surface area contributed by atoms with Crippen molar-refractivity contribution in [3.8, 4) is 0 Å². The van der Waals surface area contributed by atoms with E-state index in [9.17, 15) is 12.8 Å². The maximum atomic E-state index is 13.2. The van der Waals surface area contributed by atoms with Gasteiger partial charge in [-0.3, -0.25) is 0 Å². The maximum absolute atomic E-state index is 13.2. The van der Waals surface area contributed by atoms with Gasteiger partial charge in [-0.25, -0.2) is 17.1 Å². The first-order chi connectivity index (χ1) is 9.93. The third-order valence-electron chi connectivity index (χ3n) is 4.54. The molecule has 116 valence electrons. The molecule has 0 saturated carbocycles. The van der Waals surface area contributed by atoms with Gasteiger partial charge in [0.25, 0.3) is 0 Å². The summed E-state index contributed by atoms with van der Waals surface area (Å²) in [6.07, 6.45) is 4.83. The summed E-state index contributed by atoms with van der Waals surface area (Å²) in [5.74, 6) is -0.170. The highest BCUT2D eigenvalue weighted by Gasteiger charge is 2.29. The van der Waals surface area contributed by atoms with Gasteiger partial charge < -0.3 is 5.32 Å². The summed E-state index contributed by atoms with van der Waals surface area (Å²) in [5.41, 5.74) is 2.29. The molecule has 0 spiro atoms. The number of fused-ring (bicyclic) bond motifs is 1. The standard InChI is InChI=1S/C15H21FN2O2S/c1-21(19,20)18-8-6-13(7-9-18)17-15-5-2-11-10-12(16)3-4-14(11)15/h3-4,10,13,15,17H,2,5-9H2,1H3. The number of nitrogens with one attached hydrogen (secondary N) is 1. The fourth-order valence-corrected chi connectivity index (χ4v) is 4.27. The number of hydrogen-bond acceptors (Lipinski definition) is 3. The van der Waals surface area contributed by atoms with E-state index in [1.54, 1.807) is 10.4 Å². The molecule has 3 rings (SSSR count). The molecule has 1 aliphatic carbocycles. The van der Waals surface area contributed by atoms with E-state index in [2.05, 4.69) is 5.32 Å². The Hall–Kier alpha value is -0.980. The molecular weight excluding hydrogens is 291 g/mol. The molecular formula is C15H21FN2O2S. The largest absolute Gasteiger partial charge is 0.307 e. The predicted octanol–water partition coefficient (Wildman–Crippen LogP) is 1.83. The van der Waals surface area contributed by atoms with E-state index >= 15 is 0 Å². The van der Waals surface area contributed by atoms with Crippen LogP contribution in [0.25, 0.3) is 0 Å². The average molecular weight is 312 g/mol. The Balaban J connectivity index is 1.60. The first-order valence-electron chi connectivity index (χ1n) is 7.43.